The number of carboxylic acid groups (broad SMARTS) is 1. The van der Waals surface area contributed by atoms with Crippen LogP contribution >= 0.6 is 0 Å². The van der Waals surface area contributed by atoms with Crippen molar-refractivity contribution in [3.05, 3.63) is 35.4 Å². The van der Waals surface area contributed by atoms with E-state index in [-0.39, 0.29) is 16.9 Å². The van der Waals surface area contributed by atoms with E-state index < -0.39 is 23.8 Å². The molecule has 2 atom stereocenters. The van der Waals surface area contributed by atoms with Gasteiger partial charge in [0.05, 0.1) is 6.61 Å². The lowest BCUT2D eigenvalue weighted by Gasteiger charge is -2.30. The molecule has 1 N–H and O–H groups in total. The predicted octanol–water partition coefficient (Wildman–Crippen LogP) is 2.64. The van der Waals surface area contributed by atoms with E-state index in [1.807, 2.05) is 0 Å². The van der Waals surface area contributed by atoms with Crippen LogP contribution < -0.4 is 0 Å². The zero-order chi connectivity index (χ0) is 22.7. The van der Waals surface area contributed by atoms with Gasteiger partial charge in [0.25, 0.3) is 5.91 Å². The van der Waals surface area contributed by atoms with Crippen LogP contribution in [0, 0.1) is 23.0 Å². The molecule has 2 fully saturated rings. The van der Waals surface area contributed by atoms with Crippen LogP contribution in [0.2, 0.25) is 0 Å². The molecule has 0 unspecified atom stereocenters. The Balaban J connectivity index is 0.000000396. The number of alkyl halides is 3. The number of carboxylic acids is 1. The zero-order valence-electron chi connectivity index (χ0n) is 16.5. The summed E-state index contributed by atoms with van der Waals surface area (Å²) in [4.78, 5) is 25.5. The van der Waals surface area contributed by atoms with E-state index in [1.165, 1.54) is 6.07 Å². The summed E-state index contributed by atoms with van der Waals surface area (Å²) >= 11 is 0. The van der Waals surface area contributed by atoms with Crippen LogP contribution in [0.3, 0.4) is 0 Å². The summed E-state index contributed by atoms with van der Waals surface area (Å²) in [7, 11) is 3.78. The van der Waals surface area contributed by atoms with Gasteiger partial charge in [-0.2, -0.15) is 13.2 Å². The van der Waals surface area contributed by atoms with E-state index in [9.17, 15) is 26.7 Å². The first-order chi connectivity index (χ1) is 13.9. The second kappa shape index (κ2) is 9.25. The number of rotatable bonds is 3. The van der Waals surface area contributed by atoms with Crippen molar-refractivity contribution in [3.63, 3.8) is 0 Å². The van der Waals surface area contributed by atoms with Crippen LogP contribution in [0.1, 0.15) is 16.8 Å². The Labute approximate surface area is 170 Å². The highest BCUT2D eigenvalue weighted by molar-refractivity contribution is 5.94. The summed E-state index contributed by atoms with van der Waals surface area (Å²) in [6.07, 6.45) is -4.17. The third-order valence-corrected chi connectivity index (χ3v) is 5.43. The lowest BCUT2D eigenvalue weighted by atomic mass is 9.77. The highest BCUT2D eigenvalue weighted by Crippen LogP contribution is 2.43. The molecule has 3 rings (SSSR count). The Morgan fingerprint density at radius 1 is 1.23 bits per heavy atom. The molecule has 2 saturated heterocycles. The molecular formula is C19H23F5N2O4. The molecule has 1 amide bonds. The number of nitrogens with zero attached hydrogens (tertiary/aromatic N) is 2. The maximum Gasteiger partial charge on any atom is 0.490 e. The topological polar surface area (TPSA) is 70.1 Å². The fraction of sp³-hybridized carbons (Fsp3) is 0.579. The van der Waals surface area contributed by atoms with Gasteiger partial charge in [-0.05, 0) is 31.7 Å². The third-order valence-electron chi connectivity index (χ3n) is 5.43. The van der Waals surface area contributed by atoms with Crippen molar-refractivity contribution in [2.75, 3.05) is 46.9 Å². The number of likely N-dealkylation sites (tertiary alicyclic amines) is 2. The Morgan fingerprint density at radius 3 is 2.40 bits per heavy atom. The molecular weight excluding hydrogens is 415 g/mol. The number of hydrogen-bond donors (Lipinski definition) is 1. The van der Waals surface area contributed by atoms with Crippen molar-refractivity contribution < 1.29 is 41.4 Å². The maximum absolute atomic E-state index is 13.4. The molecule has 30 heavy (non-hydrogen) atoms. The van der Waals surface area contributed by atoms with Crippen molar-refractivity contribution in [2.45, 2.75) is 12.6 Å². The fourth-order valence-corrected chi connectivity index (χ4v) is 4.07. The fourth-order valence-electron chi connectivity index (χ4n) is 4.07. The number of carbonyl (C=O) groups excluding carboxylic acids is 1. The van der Waals surface area contributed by atoms with Crippen LogP contribution in [0.25, 0.3) is 0 Å². The first kappa shape index (κ1) is 24.0. The number of methoxy groups -OCH3 is 1. The highest BCUT2D eigenvalue weighted by atomic mass is 19.4. The van der Waals surface area contributed by atoms with Gasteiger partial charge in [-0.25, -0.2) is 13.6 Å². The van der Waals surface area contributed by atoms with Gasteiger partial charge < -0.3 is 19.6 Å². The second-order valence-corrected chi connectivity index (χ2v) is 7.62. The highest BCUT2D eigenvalue weighted by Gasteiger charge is 2.50. The summed E-state index contributed by atoms with van der Waals surface area (Å²) < 4.78 is 63.5. The van der Waals surface area contributed by atoms with Gasteiger partial charge in [0.1, 0.15) is 0 Å². The van der Waals surface area contributed by atoms with Gasteiger partial charge in [0.15, 0.2) is 11.6 Å². The maximum atomic E-state index is 13.4. The van der Waals surface area contributed by atoms with E-state index in [2.05, 4.69) is 11.9 Å². The smallest absolute Gasteiger partial charge is 0.475 e. The Hall–Kier alpha value is -2.27. The molecule has 0 aliphatic carbocycles. The van der Waals surface area contributed by atoms with E-state index in [0.29, 0.717) is 25.6 Å². The average Bonchev–Trinajstić information content (AvgIpc) is 3.20. The summed E-state index contributed by atoms with van der Waals surface area (Å²) in [6, 6.07) is 3.33. The molecule has 0 bridgehead atoms. The monoisotopic (exact) mass is 438 g/mol. The molecule has 1 aromatic rings. The molecule has 0 radical (unpaired) electrons. The predicted molar refractivity (Wildman–Crippen MR) is 95.9 cm³/mol. The first-order valence-electron chi connectivity index (χ1n) is 9.11. The number of ether oxygens (including phenoxy) is 1. The Bertz CT molecular complexity index is 789. The largest absolute Gasteiger partial charge is 0.490 e. The van der Waals surface area contributed by atoms with Crippen molar-refractivity contribution in [1.29, 1.82) is 0 Å². The lowest BCUT2D eigenvalue weighted by molar-refractivity contribution is -0.192. The normalized spacial score (nSPS) is 24.1. The minimum atomic E-state index is -5.08. The zero-order valence-corrected chi connectivity index (χ0v) is 16.5. The minimum absolute atomic E-state index is 0.0407. The molecule has 2 aliphatic heterocycles. The SMILES string of the molecule is COC[C@H]1CN(C)C[C@@]12CCN(C(=O)c1ccc(F)c(F)c1)C2.O=C(O)C(F)(F)F. The van der Waals surface area contributed by atoms with Crippen molar-refractivity contribution in [1.82, 2.24) is 9.80 Å². The number of halogens is 5. The second-order valence-electron chi connectivity index (χ2n) is 7.62. The van der Waals surface area contributed by atoms with E-state index in [0.717, 1.165) is 31.6 Å². The molecule has 0 aromatic heterocycles. The quantitative estimate of drug-likeness (QED) is 0.735. The van der Waals surface area contributed by atoms with E-state index in [1.54, 1.807) is 12.0 Å². The summed E-state index contributed by atoms with van der Waals surface area (Å²) in [5.41, 5.74) is 0.245. The Kier molecular flexibility index (Phi) is 7.40. The average molecular weight is 438 g/mol. The molecule has 2 aliphatic rings. The van der Waals surface area contributed by atoms with E-state index >= 15 is 0 Å². The van der Waals surface area contributed by atoms with Crippen molar-refractivity contribution in [3.8, 4) is 0 Å². The molecule has 6 nitrogen and oxygen atoms in total. The van der Waals surface area contributed by atoms with Gasteiger partial charge in [0, 0.05) is 50.2 Å². The van der Waals surface area contributed by atoms with Gasteiger partial charge in [-0.15, -0.1) is 0 Å². The third kappa shape index (κ3) is 5.45. The summed E-state index contributed by atoms with van der Waals surface area (Å²) in [5.74, 6) is -4.51. The van der Waals surface area contributed by atoms with Crippen LogP contribution in [0.15, 0.2) is 18.2 Å². The first-order valence-corrected chi connectivity index (χ1v) is 9.11. The summed E-state index contributed by atoms with van der Waals surface area (Å²) in [5, 5.41) is 7.12. The number of carbonyl (C=O) groups is 2. The number of benzene rings is 1. The van der Waals surface area contributed by atoms with Crippen LogP contribution in [-0.2, 0) is 9.53 Å². The van der Waals surface area contributed by atoms with Gasteiger partial charge in [-0.3, -0.25) is 4.79 Å². The van der Waals surface area contributed by atoms with Crippen molar-refractivity contribution >= 4 is 11.9 Å². The molecule has 1 aromatic carbocycles. The van der Waals surface area contributed by atoms with Crippen LogP contribution in [0.4, 0.5) is 22.0 Å². The number of amides is 1. The van der Waals surface area contributed by atoms with E-state index in [4.69, 9.17) is 14.6 Å². The van der Waals surface area contributed by atoms with Gasteiger partial charge in [0.2, 0.25) is 0 Å². The van der Waals surface area contributed by atoms with Crippen molar-refractivity contribution in [2.24, 2.45) is 11.3 Å². The minimum Gasteiger partial charge on any atom is -0.475 e. The molecule has 168 valence electrons. The molecule has 2 heterocycles. The van der Waals surface area contributed by atoms with Crippen LogP contribution in [-0.4, -0.2) is 79.9 Å². The number of aliphatic carboxylic acids is 1. The summed E-state index contributed by atoms with van der Waals surface area (Å²) in [6.45, 7) is 3.86. The number of hydrogen-bond acceptors (Lipinski definition) is 4. The molecule has 1 spiro atoms. The molecule has 11 heteroatoms. The standard InChI is InChI=1S/C17H22F2N2O2.C2HF3O2/c1-20-8-13(9-23-2)17(10-20)5-6-21(11-17)16(22)12-3-4-14(18)15(19)7-12;3-2(4,5)1(6)7/h3-4,7,13H,5-6,8-11H2,1-2H3;(H,6,7)/t13-,17-;/m1./s1. The lowest BCUT2D eigenvalue weighted by Crippen LogP contribution is -2.38. The van der Waals surface area contributed by atoms with Crippen LogP contribution in [0.5, 0.6) is 0 Å². The Morgan fingerprint density at radius 2 is 1.87 bits per heavy atom. The molecule has 0 saturated carbocycles. The van der Waals surface area contributed by atoms with Gasteiger partial charge >= 0.3 is 12.1 Å². The van der Waals surface area contributed by atoms with Gasteiger partial charge in [-0.1, -0.05) is 0 Å².